The molecule has 4 rings (SSSR count). The van der Waals surface area contributed by atoms with Gasteiger partial charge in [-0.25, -0.2) is 9.37 Å². The number of carbonyl (C=O) groups excluding carboxylic acids is 2. The zero-order valence-electron chi connectivity index (χ0n) is 15.5. The molecule has 1 aliphatic heterocycles. The molecule has 1 aromatic heterocycles. The Morgan fingerprint density at radius 1 is 1.39 bits per heavy atom. The molecule has 0 radical (unpaired) electrons. The van der Waals surface area contributed by atoms with Crippen molar-refractivity contribution in [1.29, 1.82) is 0 Å². The minimum atomic E-state index is -1.43. The molecule has 2 fully saturated rings. The van der Waals surface area contributed by atoms with E-state index in [0.29, 0.717) is 23.4 Å². The number of nitrogens with two attached hydrogens (primary N) is 1. The number of fused-ring (bicyclic) bond motifs is 1. The summed E-state index contributed by atoms with van der Waals surface area (Å²) >= 11 is 0. The number of carbonyl (C=O) groups is 2. The average molecular weight is 387 g/mol. The molecule has 2 aromatic rings. The van der Waals surface area contributed by atoms with Gasteiger partial charge in [-0.1, -0.05) is 0 Å². The monoisotopic (exact) mass is 387 g/mol. The second kappa shape index (κ2) is 7.26. The van der Waals surface area contributed by atoms with Gasteiger partial charge in [0, 0.05) is 30.0 Å². The van der Waals surface area contributed by atoms with Gasteiger partial charge in [0.2, 0.25) is 5.88 Å². The Kier molecular flexibility index (Phi) is 4.78. The number of amides is 2. The van der Waals surface area contributed by atoms with Gasteiger partial charge in [-0.05, 0) is 42.3 Å². The number of methoxy groups -OCH3 is 1. The number of primary amides is 1. The molecule has 3 atom stereocenters. The molecule has 2 heterocycles. The van der Waals surface area contributed by atoms with Crippen LogP contribution in [0.25, 0.3) is 10.8 Å². The summed E-state index contributed by atoms with van der Waals surface area (Å²) < 4.78 is 25.2. The van der Waals surface area contributed by atoms with Gasteiger partial charge in [0.15, 0.2) is 6.17 Å². The van der Waals surface area contributed by atoms with Gasteiger partial charge in [0.05, 0.1) is 19.3 Å². The van der Waals surface area contributed by atoms with E-state index in [4.69, 9.17) is 15.2 Å². The Morgan fingerprint density at radius 2 is 2.18 bits per heavy atom. The molecule has 2 aliphatic rings. The van der Waals surface area contributed by atoms with E-state index in [-0.39, 0.29) is 30.0 Å². The third kappa shape index (κ3) is 3.34. The molecule has 1 aliphatic carbocycles. The fourth-order valence-corrected chi connectivity index (χ4v) is 3.98. The van der Waals surface area contributed by atoms with Crippen molar-refractivity contribution in [2.75, 3.05) is 13.7 Å². The number of hydrogen-bond donors (Lipinski definition) is 2. The van der Waals surface area contributed by atoms with Crippen molar-refractivity contribution in [2.24, 2.45) is 17.6 Å². The lowest BCUT2D eigenvalue weighted by Crippen LogP contribution is -2.31. The number of nitrogens with zero attached hydrogens (tertiary/aromatic N) is 1. The Balaban J connectivity index is 1.50. The first-order valence-electron chi connectivity index (χ1n) is 9.33. The third-order valence-corrected chi connectivity index (χ3v) is 5.53. The zero-order valence-corrected chi connectivity index (χ0v) is 15.5. The number of hydrogen-bond acceptors (Lipinski definition) is 5. The summed E-state index contributed by atoms with van der Waals surface area (Å²) in [6.45, 7) is 0.285. The molecule has 28 heavy (non-hydrogen) atoms. The third-order valence-electron chi connectivity index (χ3n) is 5.53. The van der Waals surface area contributed by atoms with Crippen molar-refractivity contribution in [2.45, 2.75) is 31.5 Å². The Labute approximate surface area is 161 Å². The highest BCUT2D eigenvalue weighted by Gasteiger charge is 2.49. The van der Waals surface area contributed by atoms with Crippen molar-refractivity contribution in [3.05, 3.63) is 30.0 Å². The minimum Gasteiger partial charge on any atom is -0.496 e. The van der Waals surface area contributed by atoms with Crippen molar-refractivity contribution in [3.63, 3.8) is 0 Å². The van der Waals surface area contributed by atoms with Gasteiger partial charge in [-0.3, -0.25) is 9.59 Å². The highest BCUT2D eigenvalue weighted by molar-refractivity contribution is 6.01. The highest BCUT2D eigenvalue weighted by atomic mass is 19.1. The Bertz CT molecular complexity index is 931. The van der Waals surface area contributed by atoms with Crippen LogP contribution in [0.1, 0.15) is 29.6 Å². The summed E-state index contributed by atoms with van der Waals surface area (Å²) in [6, 6.07) is 4.84. The van der Waals surface area contributed by atoms with Gasteiger partial charge < -0.3 is 20.5 Å². The molecule has 1 unspecified atom stereocenters. The largest absolute Gasteiger partial charge is 0.496 e. The van der Waals surface area contributed by atoms with E-state index in [0.717, 1.165) is 18.2 Å². The fourth-order valence-electron chi connectivity index (χ4n) is 3.98. The number of nitrogens with one attached hydrogen (secondary N) is 1. The van der Waals surface area contributed by atoms with Gasteiger partial charge in [-0.15, -0.1) is 0 Å². The normalized spacial score (nSPS) is 24.2. The van der Waals surface area contributed by atoms with Crippen LogP contribution in [0.2, 0.25) is 0 Å². The van der Waals surface area contributed by atoms with Gasteiger partial charge in [-0.2, -0.15) is 0 Å². The van der Waals surface area contributed by atoms with Crippen LogP contribution in [0.5, 0.6) is 11.6 Å². The van der Waals surface area contributed by atoms with E-state index < -0.39 is 18.0 Å². The minimum absolute atomic E-state index is 0.221. The van der Waals surface area contributed by atoms with Crippen LogP contribution >= 0.6 is 0 Å². The number of ether oxygens (including phenoxy) is 2. The molecule has 7 nitrogen and oxygen atoms in total. The molecule has 0 bridgehead atoms. The van der Waals surface area contributed by atoms with Gasteiger partial charge in [0.25, 0.3) is 11.8 Å². The van der Waals surface area contributed by atoms with Crippen LogP contribution in [0.4, 0.5) is 4.39 Å². The van der Waals surface area contributed by atoms with Gasteiger partial charge >= 0.3 is 0 Å². The fraction of sp³-hybridized carbons (Fsp3) is 0.450. The maximum absolute atomic E-state index is 14.2. The maximum Gasteiger partial charge on any atom is 0.255 e. The first-order valence-corrected chi connectivity index (χ1v) is 9.33. The van der Waals surface area contributed by atoms with Crippen LogP contribution < -0.4 is 20.5 Å². The molecule has 3 N–H and O–H groups in total. The lowest BCUT2D eigenvalue weighted by molar-refractivity contribution is -0.124. The first kappa shape index (κ1) is 18.5. The Hall–Kier alpha value is -2.90. The van der Waals surface area contributed by atoms with E-state index in [1.165, 1.54) is 7.11 Å². The molecule has 1 aromatic carbocycles. The van der Waals surface area contributed by atoms with Crippen molar-refractivity contribution >= 4 is 22.6 Å². The van der Waals surface area contributed by atoms with E-state index in [9.17, 15) is 14.0 Å². The maximum atomic E-state index is 14.2. The molecule has 2 amide bonds. The summed E-state index contributed by atoms with van der Waals surface area (Å²) in [6.07, 6.45) is 2.61. The van der Waals surface area contributed by atoms with Crippen LogP contribution in [0.15, 0.2) is 24.4 Å². The quantitative estimate of drug-likeness (QED) is 0.756. The van der Waals surface area contributed by atoms with E-state index in [1.54, 1.807) is 24.4 Å². The van der Waals surface area contributed by atoms with Crippen LogP contribution in [0.3, 0.4) is 0 Å². The lowest BCUT2D eigenvalue weighted by Gasteiger charge is -2.19. The number of pyridine rings is 1. The SMILES string of the molecule is COc1cc2c(OCC[C@H]3NC(=O)C(F)[C@H]3C3CC3)nccc2cc1C(N)=O. The second-order valence-corrected chi connectivity index (χ2v) is 7.32. The lowest BCUT2D eigenvalue weighted by atomic mass is 9.92. The smallest absolute Gasteiger partial charge is 0.255 e. The molecular weight excluding hydrogens is 365 g/mol. The predicted molar refractivity (Wildman–Crippen MR) is 100.0 cm³/mol. The number of halogens is 1. The number of rotatable bonds is 7. The molecular formula is C20H22FN3O4. The number of benzene rings is 1. The molecule has 1 saturated carbocycles. The average Bonchev–Trinajstić information content (AvgIpc) is 3.47. The van der Waals surface area contributed by atoms with Crippen molar-refractivity contribution in [1.82, 2.24) is 10.3 Å². The zero-order chi connectivity index (χ0) is 19.8. The predicted octanol–water partition coefficient (Wildman–Crippen LogP) is 1.97. The van der Waals surface area contributed by atoms with E-state index >= 15 is 0 Å². The van der Waals surface area contributed by atoms with Crippen LogP contribution in [0, 0.1) is 11.8 Å². The summed E-state index contributed by atoms with van der Waals surface area (Å²) in [4.78, 5) is 27.6. The summed E-state index contributed by atoms with van der Waals surface area (Å²) in [5, 5.41) is 4.18. The molecule has 8 heteroatoms. The van der Waals surface area contributed by atoms with Crippen LogP contribution in [-0.4, -0.2) is 42.7 Å². The molecule has 0 spiro atoms. The number of alkyl halides is 1. The van der Waals surface area contributed by atoms with E-state index in [1.807, 2.05) is 0 Å². The highest BCUT2D eigenvalue weighted by Crippen LogP contribution is 2.44. The molecule has 1 saturated heterocycles. The Morgan fingerprint density at radius 3 is 2.86 bits per heavy atom. The van der Waals surface area contributed by atoms with Gasteiger partial charge in [0.1, 0.15) is 5.75 Å². The van der Waals surface area contributed by atoms with Crippen LogP contribution in [-0.2, 0) is 4.79 Å². The summed E-state index contributed by atoms with van der Waals surface area (Å²) in [7, 11) is 1.46. The van der Waals surface area contributed by atoms with Crippen molar-refractivity contribution in [3.8, 4) is 11.6 Å². The summed E-state index contributed by atoms with van der Waals surface area (Å²) in [5.41, 5.74) is 5.68. The molecule has 148 valence electrons. The second-order valence-electron chi connectivity index (χ2n) is 7.32. The topological polar surface area (TPSA) is 104 Å². The van der Waals surface area contributed by atoms with E-state index in [2.05, 4.69) is 10.3 Å². The standard InChI is InChI=1S/C20H22FN3O4/c1-27-15-9-12-11(8-13(15)18(22)25)4-6-23-20(12)28-7-5-14-16(10-2-3-10)17(21)19(26)24-14/h4,6,8-10,14,16-17H,2-3,5,7H2,1H3,(H2,22,25)(H,24,26)/t14-,16+,17?/m1/s1. The number of aromatic nitrogens is 1. The first-order chi connectivity index (χ1) is 13.5. The van der Waals surface area contributed by atoms with Crippen molar-refractivity contribution < 1.29 is 23.5 Å². The summed E-state index contributed by atoms with van der Waals surface area (Å²) in [5.74, 6) is -0.359.